The number of carbonyl (C=O) groups is 2. The van der Waals surface area contributed by atoms with Crippen LogP contribution in [0.3, 0.4) is 0 Å². The molecule has 9 nitrogen and oxygen atoms in total. The number of nitrogens with zero attached hydrogens (tertiary/aromatic N) is 3. The van der Waals surface area contributed by atoms with Crippen molar-refractivity contribution in [2.24, 2.45) is 22.9 Å². The molecule has 13 heteroatoms. The molecule has 224 valence electrons. The zero-order valence-corrected chi connectivity index (χ0v) is 23.8. The zero-order valence-electron chi connectivity index (χ0n) is 23.1. The van der Waals surface area contributed by atoms with Crippen LogP contribution in [0.2, 0.25) is 5.02 Å². The van der Waals surface area contributed by atoms with Crippen LogP contribution < -0.4 is 16.3 Å². The molecule has 41 heavy (non-hydrogen) atoms. The van der Waals surface area contributed by atoms with Crippen LogP contribution in [-0.4, -0.2) is 64.7 Å². The van der Waals surface area contributed by atoms with E-state index in [0.717, 1.165) is 36.8 Å². The predicted octanol–water partition coefficient (Wildman–Crippen LogP) is 4.28. The number of carboxylic acids is 1. The van der Waals surface area contributed by atoms with Gasteiger partial charge in [-0.15, -0.1) is 0 Å². The Morgan fingerprint density at radius 3 is 2.66 bits per heavy atom. The Hall–Kier alpha value is -3.12. The number of aliphatic carboxylic acids is 1. The summed E-state index contributed by atoms with van der Waals surface area (Å²) in [5.74, 6) is 4.54. The summed E-state index contributed by atoms with van der Waals surface area (Å²) in [4.78, 5) is 29.6. The van der Waals surface area contributed by atoms with Gasteiger partial charge in [0.05, 0.1) is 23.7 Å². The van der Waals surface area contributed by atoms with Crippen LogP contribution in [0.15, 0.2) is 34.9 Å². The first-order chi connectivity index (χ1) is 19.3. The maximum atomic E-state index is 13.6. The maximum Gasteiger partial charge on any atom is 0.434 e. The topological polar surface area (TPSA) is 125 Å². The van der Waals surface area contributed by atoms with Crippen LogP contribution in [0.1, 0.15) is 62.6 Å². The van der Waals surface area contributed by atoms with Gasteiger partial charge in [-0.25, -0.2) is 5.84 Å². The van der Waals surface area contributed by atoms with Crippen LogP contribution in [0.4, 0.5) is 13.2 Å². The van der Waals surface area contributed by atoms with E-state index in [0.29, 0.717) is 66.5 Å². The van der Waals surface area contributed by atoms with Gasteiger partial charge in [0.2, 0.25) is 5.91 Å². The predicted molar refractivity (Wildman–Crippen MR) is 145 cm³/mol. The molecule has 3 atom stereocenters. The highest BCUT2D eigenvalue weighted by atomic mass is 35.5. The summed E-state index contributed by atoms with van der Waals surface area (Å²) < 4.78 is 46.6. The Bertz CT molecular complexity index is 1330. The van der Waals surface area contributed by atoms with Gasteiger partial charge in [0.1, 0.15) is 12.4 Å². The molecule has 0 spiro atoms. The number of hydrogen-bond donors (Lipinski definition) is 3. The van der Waals surface area contributed by atoms with Gasteiger partial charge in [0.25, 0.3) is 0 Å². The van der Waals surface area contributed by atoms with Crippen LogP contribution in [0.25, 0.3) is 0 Å². The summed E-state index contributed by atoms with van der Waals surface area (Å²) in [7, 11) is 1.05. The number of ether oxygens (including phenoxy) is 1. The van der Waals surface area contributed by atoms with Gasteiger partial charge in [0.15, 0.2) is 5.70 Å². The van der Waals surface area contributed by atoms with E-state index in [4.69, 9.17) is 27.9 Å². The van der Waals surface area contributed by atoms with Crippen LogP contribution in [0.5, 0.6) is 5.75 Å². The van der Waals surface area contributed by atoms with Crippen molar-refractivity contribution in [2.45, 2.75) is 64.1 Å². The Kier molecular flexibility index (Phi) is 7.60. The molecule has 2 fully saturated rings. The summed E-state index contributed by atoms with van der Waals surface area (Å²) in [5.41, 5.74) is 6.27. The van der Waals surface area contributed by atoms with Gasteiger partial charge in [-0.05, 0) is 50.3 Å². The lowest BCUT2D eigenvalue weighted by atomic mass is 9.65. The van der Waals surface area contributed by atoms with E-state index in [9.17, 15) is 27.9 Å². The highest BCUT2D eigenvalue weighted by Crippen LogP contribution is 2.54. The molecule has 0 unspecified atom stereocenters. The molecule has 0 radical (unpaired) electrons. The molecule has 1 amide bonds. The molecular formula is C28H35ClF3N5O4. The number of carboxylic acid groups (broad SMARTS) is 1. The van der Waals surface area contributed by atoms with E-state index in [1.54, 1.807) is 24.0 Å². The molecule has 4 aliphatic rings. The summed E-state index contributed by atoms with van der Waals surface area (Å²) in [6.45, 7) is 2.09. The highest BCUT2D eigenvalue weighted by molar-refractivity contribution is 6.31. The quantitative estimate of drug-likeness (QED) is 0.328. The van der Waals surface area contributed by atoms with Crippen molar-refractivity contribution >= 4 is 23.5 Å². The fraction of sp³-hybridized carbons (Fsp3) is 0.571. The largest absolute Gasteiger partial charge is 0.487 e. The van der Waals surface area contributed by atoms with Crippen molar-refractivity contribution in [1.82, 2.24) is 14.8 Å². The van der Waals surface area contributed by atoms with Crippen LogP contribution in [0, 0.1) is 11.3 Å². The lowest BCUT2D eigenvalue weighted by molar-refractivity contribution is -0.153. The molecule has 1 aromatic carbocycles. The Morgan fingerprint density at radius 2 is 2.00 bits per heavy atom. The lowest BCUT2D eigenvalue weighted by Crippen LogP contribution is -2.52. The molecular weight excluding hydrogens is 563 g/mol. The van der Waals surface area contributed by atoms with E-state index in [2.05, 4.69) is 4.90 Å². The Labute approximate surface area is 241 Å². The fourth-order valence-corrected chi connectivity index (χ4v) is 7.37. The third-order valence-electron chi connectivity index (χ3n) is 9.07. The van der Waals surface area contributed by atoms with E-state index in [1.807, 2.05) is 0 Å². The smallest absolute Gasteiger partial charge is 0.434 e. The molecule has 1 aliphatic carbocycles. The van der Waals surface area contributed by atoms with Crippen LogP contribution in [-0.2, 0) is 16.0 Å². The zero-order chi connectivity index (χ0) is 29.9. The van der Waals surface area contributed by atoms with Gasteiger partial charge in [-0.1, -0.05) is 24.4 Å². The van der Waals surface area contributed by atoms with Gasteiger partial charge >= 0.3 is 12.1 Å². The summed E-state index contributed by atoms with van der Waals surface area (Å²) >= 11 is 6.62. The van der Waals surface area contributed by atoms with Crippen molar-refractivity contribution in [3.8, 4) is 5.75 Å². The number of hydrogen-bond acceptors (Lipinski definition) is 7. The van der Waals surface area contributed by atoms with Crippen molar-refractivity contribution in [3.63, 3.8) is 0 Å². The van der Waals surface area contributed by atoms with Crippen molar-refractivity contribution in [2.75, 3.05) is 26.7 Å². The molecule has 0 aromatic heterocycles. The first kappa shape index (κ1) is 29.4. The normalized spacial score (nSPS) is 26.8. The number of rotatable bonds is 6. The minimum Gasteiger partial charge on any atom is -0.487 e. The molecule has 3 aliphatic heterocycles. The number of hydrazine groups is 1. The SMILES string of the molecule is CN(N)/C(=C(\N)COc1ccc(Cl)c2c1[C@H]1CN3C(=O)CCC3=C([C@H]3CCCC[C@]3(C)C(=O)O)N1CC2)C(F)(F)F. The first-order valence-corrected chi connectivity index (χ1v) is 14.1. The lowest BCUT2D eigenvalue weighted by Gasteiger charge is -2.52. The number of halogens is 4. The summed E-state index contributed by atoms with van der Waals surface area (Å²) in [6.07, 6.45) is -0.442. The molecule has 1 saturated heterocycles. The molecule has 1 aromatic rings. The van der Waals surface area contributed by atoms with Crippen molar-refractivity contribution in [1.29, 1.82) is 0 Å². The number of allylic oxidation sites excluding steroid dienone is 3. The number of fused-ring (bicyclic) bond motifs is 4. The number of carbonyl (C=O) groups excluding carboxylic acids is 1. The van der Waals surface area contributed by atoms with E-state index < -0.39 is 41.6 Å². The van der Waals surface area contributed by atoms with Gasteiger partial charge in [-0.3, -0.25) is 9.59 Å². The fourth-order valence-electron chi connectivity index (χ4n) is 7.11. The summed E-state index contributed by atoms with van der Waals surface area (Å²) in [6, 6.07) is 2.82. The van der Waals surface area contributed by atoms with Crippen molar-refractivity contribution in [3.05, 3.63) is 51.1 Å². The second-order valence-corrected chi connectivity index (χ2v) is 11.9. The monoisotopic (exact) mass is 597 g/mol. The second-order valence-electron chi connectivity index (χ2n) is 11.5. The Balaban J connectivity index is 1.58. The van der Waals surface area contributed by atoms with E-state index in [1.165, 1.54) is 0 Å². The third kappa shape index (κ3) is 4.98. The molecule has 0 bridgehead atoms. The van der Waals surface area contributed by atoms with E-state index >= 15 is 0 Å². The second kappa shape index (κ2) is 10.6. The van der Waals surface area contributed by atoms with Gasteiger partial charge in [0, 0.05) is 47.9 Å². The first-order valence-electron chi connectivity index (χ1n) is 13.8. The Morgan fingerprint density at radius 1 is 1.27 bits per heavy atom. The number of nitrogens with two attached hydrogens (primary N) is 2. The number of amides is 1. The molecule has 1 saturated carbocycles. The van der Waals surface area contributed by atoms with Gasteiger partial charge in [-0.2, -0.15) is 13.2 Å². The standard InChI is InChI=1S/C28H35ClF3N5O4/c1-27(26(39)40)11-4-3-5-16(27)24-19-7-9-22(38)37(19)13-20-23-15(10-12-36(20)24)17(29)6-8-21(23)41-14-18(33)25(35(2)34)28(30,31)32/h6,8,16,20H,3-5,7,9-14,33-34H2,1-2H3,(H,39,40)/b25-18-/t16-,20-,27+/m1/s1. The van der Waals surface area contributed by atoms with Gasteiger partial charge < -0.3 is 30.4 Å². The summed E-state index contributed by atoms with van der Waals surface area (Å²) in [5, 5.41) is 11.2. The van der Waals surface area contributed by atoms with Crippen molar-refractivity contribution < 1.29 is 32.6 Å². The van der Waals surface area contributed by atoms with E-state index in [-0.39, 0.29) is 11.8 Å². The molecule has 5 rings (SSSR count). The minimum absolute atomic E-state index is 0.0328. The maximum absolute atomic E-state index is 13.6. The average molecular weight is 598 g/mol. The third-order valence-corrected chi connectivity index (χ3v) is 9.42. The average Bonchev–Trinajstić information content (AvgIpc) is 3.26. The highest BCUT2D eigenvalue weighted by Gasteiger charge is 2.52. The molecule has 3 heterocycles. The number of alkyl halides is 3. The van der Waals surface area contributed by atoms with Crippen LogP contribution >= 0.6 is 11.6 Å². The molecule has 5 N–H and O–H groups in total. The minimum atomic E-state index is -4.78. The number of benzene rings is 1.